The zero-order chi connectivity index (χ0) is 14.6. The second-order valence-corrected chi connectivity index (χ2v) is 4.67. The molecule has 0 aliphatic carbocycles. The average molecular weight is 268 g/mol. The fourth-order valence-electron chi connectivity index (χ4n) is 1.87. The Hall–Kier alpha value is -2.11. The number of carboxylic acid groups (broad SMARTS) is 1. The molecule has 5 nitrogen and oxygen atoms in total. The summed E-state index contributed by atoms with van der Waals surface area (Å²) in [6.07, 6.45) is 0. The number of rotatable bonds is 6. The third-order valence-electron chi connectivity index (χ3n) is 2.49. The Balaban J connectivity index is 3.24. The predicted molar refractivity (Wildman–Crippen MR) is 69.6 cm³/mol. The number of carboxylic acids is 1. The molecule has 0 heterocycles. The molecule has 0 aromatic heterocycles. The Labute approximate surface area is 110 Å². The van der Waals surface area contributed by atoms with Gasteiger partial charge in [-0.05, 0) is 18.1 Å². The third-order valence-corrected chi connectivity index (χ3v) is 2.49. The van der Waals surface area contributed by atoms with Gasteiger partial charge >= 0.3 is 5.97 Å². The Morgan fingerprint density at radius 3 is 2.53 bits per heavy atom. The molecule has 0 saturated heterocycles. The third kappa shape index (κ3) is 3.94. The van der Waals surface area contributed by atoms with Crippen LogP contribution in [0.3, 0.4) is 0 Å². The van der Waals surface area contributed by atoms with Gasteiger partial charge in [0, 0.05) is 6.54 Å². The lowest BCUT2D eigenvalue weighted by Gasteiger charge is -2.26. The zero-order valence-corrected chi connectivity index (χ0v) is 10.9. The first-order chi connectivity index (χ1) is 8.82. The first-order valence-electron chi connectivity index (χ1n) is 5.88. The molecule has 0 saturated carbocycles. The van der Waals surface area contributed by atoms with Gasteiger partial charge in [-0.3, -0.25) is 9.59 Å². The molecule has 3 N–H and O–H groups in total. The number of anilines is 1. The number of halogens is 1. The predicted octanol–water partition coefficient (Wildman–Crippen LogP) is 1.47. The summed E-state index contributed by atoms with van der Waals surface area (Å²) in [5.74, 6) is -2.56. The maximum atomic E-state index is 13.7. The van der Waals surface area contributed by atoms with Gasteiger partial charge in [0.1, 0.15) is 12.4 Å². The summed E-state index contributed by atoms with van der Waals surface area (Å²) in [4.78, 5) is 23.6. The van der Waals surface area contributed by atoms with Crippen molar-refractivity contribution in [2.75, 3.05) is 18.0 Å². The van der Waals surface area contributed by atoms with E-state index in [-0.39, 0.29) is 23.7 Å². The van der Waals surface area contributed by atoms with E-state index in [1.165, 1.54) is 17.0 Å². The van der Waals surface area contributed by atoms with Crippen LogP contribution >= 0.6 is 0 Å². The largest absolute Gasteiger partial charge is 0.480 e. The SMILES string of the molecule is CC(C)CN(CC(=O)O)c1cccc(F)c1C(N)=O. The minimum atomic E-state index is -1.06. The summed E-state index contributed by atoms with van der Waals surface area (Å²) >= 11 is 0. The lowest BCUT2D eigenvalue weighted by molar-refractivity contribution is -0.135. The van der Waals surface area contributed by atoms with Crippen molar-refractivity contribution < 1.29 is 19.1 Å². The summed E-state index contributed by atoms with van der Waals surface area (Å²) in [6.45, 7) is 3.87. The summed E-state index contributed by atoms with van der Waals surface area (Å²) < 4.78 is 13.7. The second kappa shape index (κ2) is 6.17. The standard InChI is InChI=1S/C13H17FN2O3/c1-8(2)6-16(7-11(17)18)10-5-3-4-9(14)12(10)13(15)19/h3-5,8H,6-7H2,1-2H3,(H2,15,19)(H,17,18). The van der Waals surface area contributed by atoms with E-state index in [9.17, 15) is 14.0 Å². The molecule has 0 aliphatic heterocycles. The lowest BCUT2D eigenvalue weighted by atomic mass is 10.1. The van der Waals surface area contributed by atoms with Crippen molar-refractivity contribution in [3.8, 4) is 0 Å². The number of nitrogens with zero attached hydrogens (tertiary/aromatic N) is 1. The first-order valence-corrected chi connectivity index (χ1v) is 5.88. The van der Waals surface area contributed by atoms with Crippen LogP contribution < -0.4 is 10.6 Å². The van der Waals surface area contributed by atoms with Gasteiger partial charge in [-0.1, -0.05) is 19.9 Å². The highest BCUT2D eigenvalue weighted by Crippen LogP contribution is 2.23. The van der Waals surface area contributed by atoms with E-state index >= 15 is 0 Å². The van der Waals surface area contributed by atoms with Crippen LogP contribution in [-0.4, -0.2) is 30.1 Å². The minimum absolute atomic E-state index is 0.156. The van der Waals surface area contributed by atoms with Crippen molar-refractivity contribution in [2.24, 2.45) is 11.7 Å². The molecule has 0 aliphatic rings. The number of hydrogen-bond donors (Lipinski definition) is 2. The Bertz CT molecular complexity index is 489. The van der Waals surface area contributed by atoms with Crippen LogP contribution in [0.1, 0.15) is 24.2 Å². The maximum Gasteiger partial charge on any atom is 0.323 e. The molecule has 19 heavy (non-hydrogen) atoms. The molecule has 1 rings (SSSR count). The molecule has 0 bridgehead atoms. The lowest BCUT2D eigenvalue weighted by Crippen LogP contribution is -2.35. The molecular weight excluding hydrogens is 251 g/mol. The molecule has 0 unspecified atom stereocenters. The topological polar surface area (TPSA) is 83.6 Å². The van der Waals surface area contributed by atoms with Crippen molar-refractivity contribution in [3.63, 3.8) is 0 Å². The molecule has 0 atom stereocenters. The highest BCUT2D eigenvalue weighted by molar-refractivity contribution is 5.99. The van der Waals surface area contributed by atoms with E-state index in [0.717, 1.165) is 6.07 Å². The van der Waals surface area contributed by atoms with Gasteiger partial charge in [-0.25, -0.2) is 4.39 Å². The van der Waals surface area contributed by atoms with Gasteiger partial charge < -0.3 is 15.7 Å². The molecular formula is C13H17FN2O3. The van der Waals surface area contributed by atoms with Gasteiger partial charge in [-0.15, -0.1) is 0 Å². The van der Waals surface area contributed by atoms with Gasteiger partial charge in [-0.2, -0.15) is 0 Å². The molecule has 1 aromatic carbocycles. The number of hydrogen-bond acceptors (Lipinski definition) is 3. The van der Waals surface area contributed by atoms with Crippen LogP contribution in [0.4, 0.5) is 10.1 Å². The summed E-state index contributed by atoms with van der Waals surface area (Å²) in [5, 5.41) is 8.91. The number of primary amides is 1. The van der Waals surface area contributed by atoms with Crippen molar-refractivity contribution >= 4 is 17.6 Å². The van der Waals surface area contributed by atoms with Gasteiger partial charge in [0.15, 0.2) is 0 Å². The summed E-state index contributed by atoms with van der Waals surface area (Å²) in [6, 6.07) is 4.04. The van der Waals surface area contributed by atoms with Crippen LogP contribution in [0, 0.1) is 11.7 Å². The number of nitrogens with two attached hydrogens (primary N) is 1. The monoisotopic (exact) mass is 268 g/mol. The van der Waals surface area contributed by atoms with E-state index in [2.05, 4.69) is 0 Å². The van der Waals surface area contributed by atoms with E-state index in [4.69, 9.17) is 10.8 Å². The number of carbonyl (C=O) groups excluding carboxylic acids is 1. The van der Waals surface area contributed by atoms with Crippen LogP contribution in [-0.2, 0) is 4.79 Å². The molecule has 1 aromatic rings. The average Bonchev–Trinajstić information content (AvgIpc) is 2.25. The van der Waals surface area contributed by atoms with Crippen LogP contribution in [0.2, 0.25) is 0 Å². The van der Waals surface area contributed by atoms with Gasteiger partial charge in [0.2, 0.25) is 0 Å². The Kier molecular flexibility index (Phi) is 4.86. The smallest absolute Gasteiger partial charge is 0.323 e. The van der Waals surface area contributed by atoms with Crippen molar-refractivity contribution in [1.29, 1.82) is 0 Å². The fraction of sp³-hybridized carbons (Fsp3) is 0.385. The quantitative estimate of drug-likeness (QED) is 0.818. The van der Waals surface area contributed by atoms with Gasteiger partial charge in [0.25, 0.3) is 5.91 Å². The maximum absolute atomic E-state index is 13.7. The molecule has 0 radical (unpaired) electrons. The minimum Gasteiger partial charge on any atom is -0.480 e. The summed E-state index contributed by atoms with van der Waals surface area (Å²) in [7, 11) is 0. The molecule has 104 valence electrons. The zero-order valence-electron chi connectivity index (χ0n) is 10.9. The number of benzene rings is 1. The van der Waals surface area contributed by atoms with Crippen LogP contribution in [0.15, 0.2) is 18.2 Å². The molecule has 6 heteroatoms. The number of carbonyl (C=O) groups is 2. The number of amides is 1. The molecule has 0 fully saturated rings. The molecule has 0 spiro atoms. The van der Waals surface area contributed by atoms with Crippen molar-refractivity contribution in [1.82, 2.24) is 0 Å². The van der Waals surface area contributed by atoms with E-state index in [0.29, 0.717) is 6.54 Å². The van der Waals surface area contributed by atoms with E-state index in [1.54, 1.807) is 0 Å². The van der Waals surface area contributed by atoms with Crippen LogP contribution in [0.25, 0.3) is 0 Å². The van der Waals surface area contributed by atoms with E-state index < -0.39 is 17.7 Å². The Morgan fingerprint density at radius 2 is 2.05 bits per heavy atom. The molecule has 1 amide bonds. The van der Waals surface area contributed by atoms with Crippen molar-refractivity contribution in [2.45, 2.75) is 13.8 Å². The second-order valence-electron chi connectivity index (χ2n) is 4.67. The van der Waals surface area contributed by atoms with Crippen LogP contribution in [0.5, 0.6) is 0 Å². The van der Waals surface area contributed by atoms with Gasteiger partial charge in [0.05, 0.1) is 11.3 Å². The van der Waals surface area contributed by atoms with E-state index in [1.807, 2.05) is 13.8 Å². The highest BCUT2D eigenvalue weighted by atomic mass is 19.1. The Morgan fingerprint density at radius 1 is 1.42 bits per heavy atom. The van der Waals surface area contributed by atoms with Crippen molar-refractivity contribution in [3.05, 3.63) is 29.6 Å². The normalized spacial score (nSPS) is 10.5. The fourth-order valence-corrected chi connectivity index (χ4v) is 1.87. The highest BCUT2D eigenvalue weighted by Gasteiger charge is 2.21. The number of aliphatic carboxylic acids is 1. The summed E-state index contributed by atoms with van der Waals surface area (Å²) in [5.41, 5.74) is 5.10. The first kappa shape index (κ1) is 14.9.